The van der Waals surface area contributed by atoms with E-state index >= 15 is 0 Å². The van der Waals surface area contributed by atoms with Crippen molar-refractivity contribution >= 4 is 24.0 Å². The van der Waals surface area contributed by atoms with E-state index in [9.17, 15) is 9.90 Å². The lowest BCUT2D eigenvalue weighted by atomic mass is 10.1. The number of methoxy groups -OCH3 is 2. The zero-order chi connectivity index (χ0) is 18.5. The van der Waals surface area contributed by atoms with Crippen LogP contribution in [0.25, 0.3) is 12.2 Å². The van der Waals surface area contributed by atoms with E-state index in [2.05, 4.69) is 4.99 Å². The van der Waals surface area contributed by atoms with Crippen LogP contribution in [0.5, 0.6) is 17.2 Å². The van der Waals surface area contributed by atoms with Gasteiger partial charge in [-0.3, -0.25) is 0 Å². The third-order valence-corrected chi connectivity index (χ3v) is 3.68. The van der Waals surface area contributed by atoms with E-state index in [4.69, 9.17) is 14.2 Å². The number of benzene rings is 2. The Kier molecular flexibility index (Phi) is 5.03. The number of hydrogen-bond donors (Lipinski definition) is 1. The summed E-state index contributed by atoms with van der Waals surface area (Å²) >= 11 is 0. The molecule has 1 heterocycles. The van der Waals surface area contributed by atoms with Crippen molar-refractivity contribution in [3.63, 3.8) is 0 Å². The second kappa shape index (κ2) is 7.57. The zero-order valence-corrected chi connectivity index (χ0v) is 14.3. The summed E-state index contributed by atoms with van der Waals surface area (Å²) in [6.45, 7) is 0. The lowest BCUT2D eigenvalue weighted by molar-refractivity contribution is -0.129. The van der Waals surface area contributed by atoms with Gasteiger partial charge in [-0.2, -0.15) is 0 Å². The number of phenols is 1. The molecule has 6 nitrogen and oxygen atoms in total. The number of hydrogen-bond acceptors (Lipinski definition) is 6. The van der Waals surface area contributed by atoms with Crippen LogP contribution < -0.4 is 9.47 Å². The van der Waals surface area contributed by atoms with Crippen molar-refractivity contribution in [3.05, 3.63) is 65.4 Å². The Bertz CT molecular complexity index is 910. The van der Waals surface area contributed by atoms with Gasteiger partial charge in [0, 0.05) is 6.08 Å². The predicted octanol–water partition coefficient (Wildman–Crippen LogP) is 3.42. The molecule has 1 aliphatic heterocycles. The molecule has 0 aromatic heterocycles. The number of carbonyl (C=O) groups excluding carboxylic acids is 1. The van der Waals surface area contributed by atoms with Gasteiger partial charge in [-0.25, -0.2) is 9.79 Å². The van der Waals surface area contributed by atoms with Gasteiger partial charge >= 0.3 is 5.97 Å². The Labute approximate surface area is 150 Å². The van der Waals surface area contributed by atoms with Gasteiger partial charge in [-0.15, -0.1) is 0 Å². The SMILES string of the molecule is COc1ccc(/C=C/C2=NC(=Cc3ccc(O)c(OC)c3)C(=O)O2)cc1. The molecule has 132 valence electrons. The normalized spacial score (nSPS) is 15.2. The number of aliphatic imine (C=N–C) groups is 1. The third-order valence-electron chi connectivity index (χ3n) is 3.68. The average molecular weight is 351 g/mol. The maximum absolute atomic E-state index is 12.0. The number of cyclic esters (lactones) is 1. The Balaban J connectivity index is 1.78. The lowest BCUT2D eigenvalue weighted by Gasteiger charge is -2.03. The molecule has 1 aliphatic rings. The van der Waals surface area contributed by atoms with Crippen LogP contribution in [0.4, 0.5) is 0 Å². The highest BCUT2D eigenvalue weighted by atomic mass is 16.6. The Morgan fingerprint density at radius 3 is 2.42 bits per heavy atom. The molecular weight excluding hydrogens is 334 g/mol. The average Bonchev–Trinajstić information content (AvgIpc) is 3.01. The Hall–Kier alpha value is -3.54. The standard InChI is InChI=1S/C20H17NO5/c1-24-15-7-3-13(4-8-15)6-10-19-21-16(20(23)26-19)11-14-5-9-17(22)18(12-14)25-2/h3-12,22H,1-2H3/b10-6+,16-11?. The molecule has 0 spiro atoms. The van der Waals surface area contributed by atoms with E-state index in [1.807, 2.05) is 24.3 Å². The van der Waals surface area contributed by atoms with Crippen LogP contribution in [0.3, 0.4) is 0 Å². The van der Waals surface area contributed by atoms with Crippen molar-refractivity contribution in [1.82, 2.24) is 0 Å². The first-order chi connectivity index (χ1) is 12.6. The predicted molar refractivity (Wildman–Crippen MR) is 98.2 cm³/mol. The largest absolute Gasteiger partial charge is 0.504 e. The molecule has 2 aromatic carbocycles. The summed E-state index contributed by atoms with van der Waals surface area (Å²) in [4.78, 5) is 16.2. The second-order valence-electron chi connectivity index (χ2n) is 5.41. The van der Waals surface area contributed by atoms with E-state index in [0.29, 0.717) is 11.3 Å². The highest BCUT2D eigenvalue weighted by Crippen LogP contribution is 2.28. The third kappa shape index (κ3) is 3.92. The van der Waals surface area contributed by atoms with Crippen molar-refractivity contribution in [2.45, 2.75) is 0 Å². The first-order valence-corrected chi connectivity index (χ1v) is 7.81. The van der Waals surface area contributed by atoms with Gasteiger partial charge < -0.3 is 19.3 Å². The number of esters is 1. The highest BCUT2D eigenvalue weighted by molar-refractivity contribution is 6.11. The van der Waals surface area contributed by atoms with E-state index in [1.165, 1.54) is 13.2 Å². The van der Waals surface area contributed by atoms with Crippen molar-refractivity contribution in [2.75, 3.05) is 14.2 Å². The van der Waals surface area contributed by atoms with E-state index < -0.39 is 5.97 Å². The maximum Gasteiger partial charge on any atom is 0.363 e. The Morgan fingerprint density at radius 1 is 1.00 bits per heavy atom. The molecule has 0 saturated heterocycles. The van der Waals surface area contributed by atoms with E-state index in [-0.39, 0.29) is 17.3 Å². The summed E-state index contributed by atoms with van der Waals surface area (Å²) < 4.78 is 15.3. The first kappa shape index (κ1) is 17.3. The fraction of sp³-hybridized carbons (Fsp3) is 0.100. The lowest BCUT2D eigenvalue weighted by Crippen LogP contribution is -2.01. The molecule has 3 rings (SSSR count). The fourth-order valence-electron chi connectivity index (χ4n) is 2.32. The van der Waals surface area contributed by atoms with Crippen LogP contribution in [0.2, 0.25) is 0 Å². The number of carbonyl (C=O) groups is 1. The number of ether oxygens (including phenoxy) is 3. The molecule has 0 unspecified atom stereocenters. The van der Waals surface area contributed by atoms with Crippen LogP contribution in [0.15, 0.2) is 59.2 Å². The minimum absolute atomic E-state index is 0.0234. The van der Waals surface area contributed by atoms with Crippen molar-refractivity contribution in [3.8, 4) is 17.2 Å². The van der Waals surface area contributed by atoms with Gasteiger partial charge in [0.1, 0.15) is 5.75 Å². The van der Waals surface area contributed by atoms with Gasteiger partial charge in [0.15, 0.2) is 17.2 Å². The summed E-state index contributed by atoms with van der Waals surface area (Å²) in [5.41, 5.74) is 1.76. The van der Waals surface area contributed by atoms with Crippen LogP contribution >= 0.6 is 0 Å². The molecule has 2 aromatic rings. The minimum Gasteiger partial charge on any atom is -0.504 e. The number of aromatic hydroxyl groups is 1. The topological polar surface area (TPSA) is 77.4 Å². The van der Waals surface area contributed by atoms with Gasteiger partial charge in [0.25, 0.3) is 0 Å². The number of rotatable bonds is 5. The molecule has 6 heteroatoms. The highest BCUT2D eigenvalue weighted by Gasteiger charge is 2.21. The van der Waals surface area contributed by atoms with Gasteiger partial charge in [-0.05, 0) is 47.5 Å². The van der Waals surface area contributed by atoms with Crippen molar-refractivity contribution in [1.29, 1.82) is 0 Å². The van der Waals surface area contributed by atoms with Crippen LogP contribution in [-0.2, 0) is 9.53 Å². The second-order valence-corrected chi connectivity index (χ2v) is 5.41. The van der Waals surface area contributed by atoms with E-state index in [0.717, 1.165) is 11.3 Å². The molecule has 0 bridgehead atoms. The molecule has 0 amide bonds. The molecule has 0 fully saturated rings. The maximum atomic E-state index is 12.0. The summed E-state index contributed by atoms with van der Waals surface area (Å²) in [7, 11) is 3.06. The van der Waals surface area contributed by atoms with Crippen LogP contribution in [-0.4, -0.2) is 31.2 Å². The monoisotopic (exact) mass is 351 g/mol. The first-order valence-electron chi connectivity index (χ1n) is 7.81. The minimum atomic E-state index is -0.536. The molecule has 0 saturated carbocycles. The molecule has 0 radical (unpaired) electrons. The summed E-state index contributed by atoms with van der Waals surface area (Å²) in [6, 6.07) is 12.2. The van der Waals surface area contributed by atoms with Gasteiger partial charge in [0.2, 0.25) is 5.90 Å². The number of phenolic OH excluding ortho intramolecular Hbond substituents is 1. The summed E-state index contributed by atoms with van der Waals surface area (Å²) in [5, 5.41) is 9.62. The van der Waals surface area contributed by atoms with Crippen LogP contribution in [0, 0.1) is 0 Å². The summed E-state index contributed by atoms with van der Waals surface area (Å²) in [6.07, 6.45) is 4.98. The molecule has 26 heavy (non-hydrogen) atoms. The Morgan fingerprint density at radius 2 is 1.73 bits per heavy atom. The molecule has 1 N–H and O–H groups in total. The zero-order valence-electron chi connectivity index (χ0n) is 14.3. The van der Waals surface area contributed by atoms with Crippen molar-refractivity contribution in [2.24, 2.45) is 4.99 Å². The quantitative estimate of drug-likeness (QED) is 0.660. The number of nitrogens with zero attached hydrogens (tertiary/aromatic N) is 1. The molecule has 0 atom stereocenters. The van der Waals surface area contributed by atoms with E-state index in [1.54, 1.807) is 37.5 Å². The fourth-order valence-corrected chi connectivity index (χ4v) is 2.32. The summed E-state index contributed by atoms with van der Waals surface area (Å²) in [5.74, 6) is 0.778. The van der Waals surface area contributed by atoms with Crippen LogP contribution in [0.1, 0.15) is 11.1 Å². The molecular formula is C20H17NO5. The van der Waals surface area contributed by atoms with Gasteiger partial charge in [-0.1, -0.05) is 18.2 Å². The van der Waals surface area contributed by atoms with Gasteiger partial charge in [0.05, 0.1) is 14.2 Å². The molecule has 0 aliphatic carbocycles. The smallest absolute Gasteiger partial charge is 0.363 e. The van der Waals surface area contributed by atoms with Crippen molar-refractivity contribution < 1.29 is 24.1 Å².